The van der Waals surface area contributed by atoms with E-state index in [1.54, 1.807) is 12.4 Å². The minimum absolute atomic E-state index is 0.531. The third-order valence-corrected chi connectivity index (χ3v) is 9.06. The van der Waals surface area contributed by atoms with Crippen LogP contribution in [0.5, 0.6) is 0 Å². The molecule has 4 aromatic heterocycles. The van der Waals surface area contributed by atoms with Gasteiger partial charge >= 0.3 is 0 Å². The van der Waals surface area contributed by atoms with Gasteiger partial charge in [-0.25, -0.2) is 4.98 Å². The first kappa shape index (κ1) is 26.5. The number of rotatable bonds is 4. The van der Waals surface area contributed by atoms with Gasteiger partial charge in [0, 0.05) is 50.8 Å². The standard InChI is InChI=1S/C41H25N7/c1-4-12-26(13-5-1)39-44-40(27-14-6-2-7-15-27)46-41(45-39)48-34-23-22-32-36(43-25-24-42-32)35(34)31-21-20-30-29-18-10-11-19-33(29)47(37(30)38(31)48)28-16-8-3-9-17-28/h1-25H. The molecular formula is C41H25N7. The molecule has 0 aliphatic rings. The van der Waals surface area contributed by atoms with Crippen molar-refractivity contribution >= 4 is 54.6 Å². The van der Waals surface area contributed by atoms with E-state index in [1.807, 2.05) is 66.7 Å². The molecule has 6 aromatic carbocycles. The summed E-state index contributed by atoms with van der Waals surface area (Å²) in [6.45, 7) is 0. The molecule has 10 rings (SSSR count). The van der Waals surface area contributed by atoms with Gasteiger partial charge in [-0.3, -0.25) is 14.5 Å². The second-order valence-corrected chi connectivity index (χ2v) is 11.8. The molecule has 48 heavy (non-hydrogen) atoms. The minimum Gasteiger partial charge on any atom is -0.307 e. The molecule has 0 aliphatic carbocycles. The molecule has 0 fully saturated rings. The summed E-state index contributed by atoms with van der Waals surface area (Å²) in [5.41, 5.74) is 8.69. The lowest BCUT2D eigenvalue weighted by molar-refractivity contribution is 0.953. The van der Waals surface area contributed by atoms with Crippen LogP contribution in [-0.2, 0) is 0 Å². The van der Waals surface area contributed by atoms with Crippen molar-refractivity contribution in [3.05, 3.63) is 152 Å². The van der Waals surface area contributed by atoms with Crippen LogP contribution in [0.1, 0.15) is 0 Å². The third-order valence-electron chi connectivity index (χ3n) is 9.06. The van der Waals surface area contributed by atoms with E-state index in [2.05, 4.69) is 86.9 Å². The average molecular weight is 616 g/mol. The maximum absolute atomic E-state index is 5.21. The van der Waals surface area contributed by atoms with Crippen molar-refractivity contribution in [1.29, 1.82) is 0 Å². The van der Waals surface area contributed by atoms with Gasteiger partial charge < -0.3 is 4.57 Å². The topological polar surface area (TPSA) is 74.3 Å². The fourth-order valence-corrected chi connectivity index (χ4v) is 7.02. The Hall–Kier alpha value is -6.73. The Morgan fingerprint density at radius 3 is 1.75 bits per heavy atom. The number of para-hydroxylation sites is 2. The predicted molar refractivity (Wildman–Crippen MR) is 192 cm³/mol. The predicted octanol–water partition coefficient (Wildman–Crippen LogP) is 9.34. The Labute approximate surface area is 274 Å². The Kier molecular flexibility index (Phi) is 5.74. The van der Waals surface area contributed by atoms with Gasteiger partial charge in [-0.1, -0.05) is 109 Å². The molecule has 0 saturated carbocycles. The first-order valence-corrected chi connectivity index (χ1v) is 15.9. The van der Waals surface area contributed by atoms with Gasteiger partial charge in [0.1, 0.15) is 0 Å². The Morgan fingerprint density at radius 1 is 0.417 bits per heavy atom. The summed E-state index contributed by atoms with van der Waals surface area (Å²) in [6, 6.07) is 47.9. The van der Waals surface area contributed by atoms with Gasteiger partial charge in [-0.2, -0.15) is 9.97 Å². The second kappa shape index (κ2) is 10.4. The van der Waals surface area contributed by atoms with Crippen LogP contribution in [0.15, 0.2) is 152 Å². The Bertz CT molecular complexity index is 2760. The van der Waals surface area contributed by atoms with E-state index in [9.17, 15) is 0 Å². The van der Waals surface area contributed by atoms with Crippen LogP contribution in [0.25, 0.3) is 89.1 Å². The monoisotopic (exact) mass is 615 g/mol. The molecule has 224 valence electrons. The summed E-state index contributed by atoms with van der Waals surface area (Å²) < 4.78 is 4.55. The van der Waals surface area contributed by atoms with E-state index in [1.165, 1.54) is 5.39 Å². The molecule has 0 amide bonds. The number of hydrogen-bond donors (Lipinski definition) is 0. The number of aromatic nitrogens is 7. The van der Waals surface area contributed by atoms with Gasteiger partial charge in [0.2, 0.25) is 5.95 Å². The van der Waals surface area contributed by atoms with Crippen molar-refractivity contribution in [3.63, 3.8) is 0 Å². The zero-order valence-corrected chi connectivity index (χ0v) is 25.6. The van der Waals surface area contributed by atoms with Crippen molar-refractivity contribution in [3.8, 4) is 34.4 Å². The highest BCUT2D eigenvalue weighted by Crippen LogP contribution is 2.43. The van der Waals surface area contributed by atoms with Gasteiger partial charge in [0.25, 0.3) is 0 Å². The fourth-order valence-electron chi connectivity index (χ4n) is 7.02. The summed E-state index contributed by atoms with van der Waals surface area (Å²) in [7, 11) is 0. The van der Waals surface area contributed by atoms with E-state index in [0.717, 1.165) is 66.1 Å². The van der Waals surface area contributed by atoms with Crippen molar-refractivity contribution < 1.29 is 0 Å². The molecule has 10 aromatic rings. The number of benzene rings is 6. The first-order chi connectivity index (χ1) is 23.8. The molecular weight excluding hydrogens is 591 g/mol. The fraction of sp³-hybridized carbons (Fsp3) is 0. The lowest BCUT2D eigenvalue weighted by atomic mass is 10.1. The summed E-state index contributed by atoms with van der Waals surface area (Å²) in [4.78, 5) is 25.0. The average Bonchev–Trinajstić information content (AvgIpc) is 3.69. The van der Waals surface area contributed by atoms with Crippen LogP contribution in [0.3, 0.4) is 0 Å². The Balaban J connectivity index is 1.44. The summed E-state index contributed by atoms with van der Waals surface area (Å²) in [6.07, 6.45) is 3.50. The van der Waals surface area contributed by atoms with Gasteiger partial charge in [-0.15, -0.1) is 0 Å². The van der Waals surface area contributed by atoms with E-state index in [0.29, 0.717) is 17.6 Å². The zero-order chi connectivity index (χ0) is 31.6. The van der Waals surface area contributed by atoms with E-state index < -0.39 is 0 Å². The van der Waals surface area contributed by atoms with Crippen molar-refractivity contribution in [1.82, 2.24) is 34.1 Å². The van der Waals surface area contributed by atoms with Crippen molar-refractivity contribution in [2.75, 3.05) is 0 Å². The maximum atomic E-state index is 5.21. The molecule has 0 atom stereocenters. The van der Waals surface area contributed by atoms with E-state index >= 15 is 0 Å². The third kappa shape index (κ3) is 3.91. The molecule has 0 N–H and O–H groups in total. The van der Waals surface area contributed by atoms with Crippen LogP contribution >= 0.6 is 0 Å². The molecule has 0 saturated heterocycles. The largest absolute Gasteiger partial charge is 0.307 e. The molecule has 7 heteroatoms. The number of nitrogens with zero attached hydrogens (tertiary/aromatic N) is 7. The smallest absolute Gasteiger partial charge is 0.238 e. The summed E-state index contributed by atoms with van der Waals surface area (Å²) in [5.74, 6) is 1.74. The highest BCUT2D eigenvalue weighted by molar-refractivity contribution is 6.27. The van der Waals surface area contributed by atoms with Crippen LogP contribution < -0.4 is 0 Å². The molecule has 0 spiro atoms. The van der Waals surface area contributed by atoms with E-state index in [-0.39, 0.29) is 0 Å². The maximum Gasteiger partial charge on any atom is 0.238 e. The number of hydrogen-bond acceptors (Lipinski definition) is 5. The zero-order valence-electron chi connectivity index (χ0n) is 25.6. The van der Waals surface area contributed by atoms with Crippen molar-refractivity contribution in [2.45, 2.75) is 0 Å². The Morgan fingerprint density at radius 2 is 1.02 bits per heavy atom. The van der Waals surface area contributed by atoms with Crippen LogP contribution in [0.2, 0.25) is 0 Å². The van der Waals surface area contributed by atoms with Crippen LogP contribution in [0.4, 0.5) is 0 Å². The highest BCUT2D eigenvalue weighted by atomic mass is 15.2. The molecule has 4 heterocycles. The van der Waals surface area contributed by atoms with Crippen LogP contribution in [-0.4, -0.2) is 34.1 Å². The summed E-state index contributed by atoms with van der Waals surface area (Å²) >= 11 is 0. The first-order valence-electron chi connectivity index (χ1n) is 15.9. The normalized spacial score (nSPS) is 11.8. The molecule has 7 nitrogen and oxygen atoms in total. The number of fused-ring (bicyclic) bond motifs is 9. The van der Waals surface area contributed by atoms with Crippen LogP contribution in [0, 0.1) is 0 Å². The molecule has 0 unspecified atom stereocenters. The minimum atomic E-state index is 0.531. The lowest BCUT2D eigenvalue weighted by Crippen LogP contribution is -2.07. The molecule has 0 bridgehead atoms. The van der Waals surface area contributed by atoms with Gasteiger partial charge in [0.05, 0.1) is 33.1 Å². The quantitative estimate of drug-likeness (QED) is 0.197. The van der Waals surface area contributed by atoms with Crippen molar-refractivity contribution in [2.24, 2.45) is 0 Å². The van der Waals surface area contributed by atoms with E-state index in [4.69, 9.17) is 19.9 Å². The van der Waals surface area contributed by atoms with Gasteiger partial charge in [0.15, 0.2) is 11.6 Å². The molecule has 0 radical (unpaired) electrons. The summed E-state index contributed by atoms with van der Waals surface area (Å²) in [5, 5.41) is 4.36. The molecule has 0 aliphatic heterocycles. The SMILES string of the molecule is c1ccc(-c2nc(-c3ccccc3)nc(-n3c4ccc5nccnc5c4c4ccc5c6ccccc6n(-c6ccccc6)c5c43)n2)cc1. The second-order valence-electron chi connectivity index (χ2n) is 11.8. The highest BCUT2D eigenvalue weighted by Gasteiger charge is 2.24. The van der Waals surface area contributed by atoms with Gasteiger partial charge in [-0.05, 0) is 30.3 Å². The lowest BCUT2D eigenvalue weighted by Gasteiger charge is -2.13.